The molecule has 3 rings (SSSR count). The van der Waals surface area contributed by atoms with E-state index >= 15 is 0 Å². The maximum atomic E-state index is 13.7. The van der Waals surface area contributed by atoms with Crippen molar-refractivity contribution in [3.8, 4) is 11.5 Å². The van der Waals surface area contributed by atoms with Crippen molar-refractivity contribution in [1.29, 1.82) is 0 Å². The Labute approximate surface area is 158 Å². The van der Waals surface area contributed by atoms with E-state index in [2.05, 4.69) is 4.90 Å². The average Bonchev–Trinajstić information content (AvgIpc) is 2.72. The van der Waals surface area contributed by atoms with Gasteiger partial charge in [0, 0.05) is 37.9 Å². The Morgan fingerprint density at radius 3 is 2.30 bits per heavy atom. The number of benzene rings is 2. The molecule has 27 heavy (non-hydrogen) atoms. The fourth-order valence-electron chi connectivity index (χ4n) is 3.04. The summed E-state index contributed by atoms with van der Waals surface area (Å²) >= 11 is 0. The second kappa shape index (κ2) is 8.58. The van der Waals surface area contributed by atoms with Gasteiger partial charge in [-0.1, -0.05) is 6.07 Å². The van der Waals surface area contributed by atoms with E-state index in [1.165, 1.54) is 19.3 Å². The fourth-order valence-corrected chi connectivity index (χ4v) is 3.04. The van der Waals surface area contributed by atoms with Crippen LogP contribution in [0, 0.1) is 5.82 Å². The van der Waals surface area contributed by atoms with Crippen molar-refractivity contribution in [2.45, 2.75) is 0 Å². The molecular weight excluding hydrogens is 347 g/mol. The van der Waals surface area contributed by atoms with Crippen LogP contribution in [0.2, 0.25) is 0 Å². The summed E-state index contributed by atoms with van der Waals surface area (Å²) in [5.41, 5.74) is 1.74. The minimum Gasteiger partial charge on any atom is -0.497 e. The van der Waals surface area contributed by atoms with Gasteiger partial charge in [-0.3, -0.25) is 4.79 Å². The highest BCUT2D eigenvalue weighted by molar-refractivity contribution is 5.92. The first-order chi connectivity index (χ1) is 13.1. The van der Waals surface area contributed by atoms with Crippen LogP contribution in [-0.4, -0.2) is 51.2 Å². The van der Waals surface area contributed by atoms with Crippen molar-refractivity contribution in [3.05, 3.63) is 59.9 Å². The lowest BCUT2D eigenvalue weighted by molar-refractivity contribution is -0.126. The Morgan fingerprint density at radius 2 is 1.70 bits per heavy atom. The first-order valence-corrected chi connectivity index (χ1v) is 8.80. The molecule has 2 aromatic rings. The molecule has 0 aliphatic carbocycles. The molecule has 0 spiro atoms. The Hall–Kier alpha value is -3.02. The molecule has 1 fully saturated rings. The predicted molar refractivity (Wildman–Crippen MR) is 104 cm³/mol. The number of carbonyl (C=O) groups excluding carboxylic acids is 1. The summed E-state index contributed by atoms with van der Waals surface area (Å²) in [4.78, 5) is 16.4. The zero-order valence-corrected chi connectivity index (χ0v) is 15.5. The zero-order valence-electron chi connectivity index (χ0n) is 15.5. The number of anilines is 1. The van der Waals surface area contributed by atoms with Crippen LogP contribution in [0.1, 0.15) is 5.56 Å². The number of ether oxygens (including phenoxy) is 2. The highest BCUT2D eigenvalue weighted by atomic mass is 19.1. The van der Waals surface area contributed by atoms with Crippen LogP contribution in [0.4, 0.5) is 10.1 Å². The maximum absolute atomic E-state index is 13.7. The zero-order chi connectivity index (χ0) is 19.2. The predicted octanol–water partition coefficient (Wildman–Crippen LogP) is 3.20. The van der Waals surface area contributed by atoms with E-state index in [-0.39, 0.29) is 11.7 Å². The smallest absolute Gasteiger partial charge is 0.246 e. The van der Waals surface area contributed by atoms with Gasteiger partial charge < -0.3 is 19.3 Å². The fraction of sp³-hybridized carbons (Fsp3) is 0.286. The first-order valence-electron chi connectivity index (χ1n) is 8.80. The summed E-state index contributed by atoms with van der Waals surface area (Å²) in [5.74, 6) is 0.501. The largest absolute Gasteiger partial charge is 0.497 e. The van der Waals surface area contributed by atoms with E-state index in [0.717, 1.165) is 24.5 Å². The maximum Gasteiger partial charge on any atom is 0.246 e. The topological polar surface area (TPSA) is 42.0 Å². The summed E-state index contributed by atoms with van der Waals surface area (Å²) in [5, 5.41) is 0. The lowest BCUT2D eigenvalue weighted by Crippen LogP contribution is -2.48. The van der Waals surface area contributed by atoms with E-state index in [0.29, 0.717) is 18.7 Å². The highest BCUT2D eigenvalue weighted by Gasteiger charge is 2.19. The molecule has 0 atom stereocenters. The molecular formula is C21H23FN2O3. The number of nitrogens with zero attached hydrogens (tertiary/aromatic N) is 2. The molecule has 1 heterocycles. The van der Waals surface area contributed by atoms with E-state index in [1.807, 2.05) is 24.3 Å². The van der Waals surface area contributed by atoms with Crippen molar-refractivity contribution in [2.75, 3.05) is 45.3 Å². The van der Waals surface area contributed by atoms with Crippen molar-refractivity contribution < 1.29 is 18.7 Å². The quantitative estimate of drug-likeness (QED) is 0.758. The van der Waals surface area contributed by atoms with Crippen LogP contribution in [0.5, 0.6) is 11.5 Å². The molecule has 5 nitrogen and oxygen atoms in total. The molecule has 1 aliphatic heterocycles. The Bertz CT molecular complexity index is 813. The van der Waals surface area contributed by atoms with Gasteiger partial charge >= 0.3 is 0 Å². The first kappa shape index (κ1) is 18.8. The summed E-state index contributed by atoms with van der Waals surface area (Å²) < 4.78 is 23.8. The van der Waals surface area contributed by atoms with Gasteiger partial charge in [-0.2, -0.15) is 0 Å². The van der Waals surface area contributed by atoms with Gasteiger partial charge in [0.2, 0.25) is 5.91 Å². The van der Waals surface area contributed by atoms with Crippen LogP contribution in [0.3, 0.4) is 0 Å². The number of rotatable bonds is 5. The number of halogens is 1. The lowest BCUT2D eigenvalue weighted by atomic mass is 10.2. The van der Waals surface area contributed by atoms with Crippen LogP contribution in [-0.2, 0) is 4.79 Å². The Balaban J connectivity index is 1.55. The SMILES string of the molecule is COc1ccc(N2CCN(C(=O)/C=C/c3ccc(OC)c(F)c3)CC2)cc1. The Morgan fingerprint density at radius 1 is 1.00 bits per heavy atom. The minimum atomic E-state index is -0.444. The molecule has 142 valence electrons. The molecule has 6 heteroatoms. The molecule has 0 saturated carbocycles. The summed E-state index contributed by atoms with van der Waals surface area (Å²) in [6.07, 6.45) is 3.12. The number of amides is 1. The van der Waals surface area contributed by atoms with Crippen molar-refractivity contribution in [3.63, 3.8) is 0 Å². The van der Waals surface area contributed by atoms with Gasteiger partial charge in [0.25, 0.3) is 0 Å². The molecule has 1 aliphatic rings. The molecule has 0 unspecified atom stereocenters. The highest BCUT2D eigenvalue weighted by Crippen LogP contribution is 2.21. The third kappa shape index (κ3) is 4.58. The number of carbonyl (C=O) groups is 1. The van der Waals surface area contributed by atoms with Gasteiger partial charge in [0.05, 0.1) is 14.2 Å². The van der Waals surface area contributed by atoms with Crippen molar-refractivity contribution >= 4 is 17.7 Å². The van der Waals surface area contributed by atoms with Crippen molar-refractivity contribution in [1.82, 2.24) is 4.90 Å². The number of methoxy groups -OCH3 is 2. The van der Waals surface area contributed by atoms with Crippen LogP contribution in [0.15, 0.2) is 48.5 Å². The van der Waals surface area contributed by atoms with E-state index in [1.54, 1.807) is 30.2 Å². The summed E-state index contributed by atoms with van der Waals surface area (Å²) in [6.45, 7) is 2.82. The lowest BCUT2D eigenvalue weighted by Gasteiger charge is -2.35. The second-order valence-corrected chi connectivity index (χ2v) is 6.24. The van der Waals surface area contributed by atoms with Gasteiger partial charge in [-0.25, -0.2) is 4.39 Å². The molecule has 1 saturated heterocycles. The third-order valence-corrected chi connectivity index (χ3v) is 4.62. The average molecular weight is 370 g/mol. The number of hydrogen-bond acceptors (Lipinski definition) is 4. The third-order valence-electron chi connectivity index (χ3n) is 4.62. The van der Waals surface area contributed by atoms with E-state index < -0.39 is 5.82 Å². The van der Waals surface area contributed by atoms with Crippen molar-refractivity contribution in [2.24, 2.45) is 0 Å². The van der Waals surface area contributed by atoms with Gasteiger partial charge in [0.15, 0.2) is 11.6 Å². The normalized spacial score (nSPS) is 14.5. The molecule has 0 radical (unpaired) electrons. The number of piperazine rings is 1. The van der Waals surface area contributed by atoms with E-state index in [9.17, 15) is 9.18 Å². The molecule has 0 N–H and O–H groups in total. The standard InChI is InChI=1S/C21H23FN2O3/c1-26-18-7-5-17(6-8-18)23-11-13-24(14-12-23)21(25)10-4-16-3-9-20(27-2)19(22)15-16/h3-10,15H,11-14H2,1-2H3/b10-4+. The van der Waals surface area contributed by atoms with Crippen LogP contribution < -0.4 is 14.4 Å². The van der Waals surface area contributed by atoms with Gasteiger partial charge in [0.1, 0.15) is 5.75 Å². The molecule has 1 amide bonds. The Kier molecular flexibility index (Phi) is 5.96. The van der Waals surface area contributed by atoms with E-state index in [4.69, 9.17) is 9.47 Å². The number of hydrogen-bond donors (Lipinski definition) is 0. The summed E-state index contributed by atoms with van der Waals surface area (Å²) in [7, 11) is 3.07. The monoisotopic (exact) mass is 370 g/mol. The van der Waals surface area contributed by atoms with Gasteiger partial charge in [-0.05, 0) is 48.0 Å². The summed E-state index contributed by atoms with van der Waals surface area (Å²) in [6, 6.07) is 12.5. The molecule has 2 aromatic carbocycles. The molecule has 0 aromatic heterocycles. The molecule has 0 bridgehead atoms. The van der Waals surface area contributed by atoms with Crippen LogP contribution in [0.25, 0.3) is 6.08 Å². The van der Waals surface area contributed by atoms with Gasteiger partial charge in [-0.15, -0.1) is 0 Å². The van der Waals surface area contributed by atoms with Crippen LogP contribution >= 0.6 is 0 Å². The second-order valence-electron chi connectivity index (χ2n) is 6.24. The minimum absolute atomic E-state index is 0.0689.